The molecule has 2 atom stereocenters. The second-order valence-electron chi connectivity index (χ2n) is 6.62. The van der Waals surface area contributed by atoms with E-state index in [9.17, 15) is 0 Å². The topological polar surface area (TPSA) is 54.7 Å². The normalized spacial score (nSPS) is 19.9. The number of aromatic nitrogens is 2. The molecule has 1 aromatic heterocycles. The van der Waals surface area contributed by atoms with Gasteiger partial charge in [0.1, 0.15) is 6.10 Å². The van der Waals surface area contributed by atoms with Crippen LogP contribution in [0.3, 0.4) is 0 Å². The number of guanidine groups is 1. The van der Waals surface area contributed by atoms with Gasteiger partial charge in [-0.2, -0.15) is 5.10 Å². The molecular weight excluding hydrogens is 441 g/mol. The highest BCUT2D eigenvalue weighted by Gasteiger charge is 2.31. The standard InChI is InChI=1S/C19H27N5O.HI/c1-23(2)19(20-13-15-7-5-4-6-8-15)21-14-16-10-12-25-18(16)17-9-11-22-24(17)3;/h4-9,11,16,18H,10,12-14H2,1-3H3,(H,20,21);1H/t16-,18+;/m0./s1. The predicted molar refractivity (Wildman–Crippen MR) is 115 cm³/mol. The lowest BCUT2D eigenvalue weighted by atomic mass is 9.99. The Bertz CT molecular complexity index is 701. The van der Waals surface area contributed by atoms with Crippen molar-refractivity contribution < 1.29 is 4.74 Å². The van der Waals surface area contributed by atoms with Gasteiger partial charge in [0.2, 0.25) is 0 Å². The molecule has 1 N–H and O–H groups in total. The molecule has 0 aliphatic carbocycles. The second kappa shape index (κ2) is 9.91. The largest absolute Gasteiger partial charge is 0.372 e. The van der Waals surface area contributed by atoms with E-state index in [0.717, 1.165) is 31.2 Å². The summed E-state index contributed by atoms with van der Waals surface area (Å²) in [4.78, 5) is 6.76. The van der Waals surface area contributed by atoms with Gasteiger partial charge >= 0.3 is 0 Å². The lowest BCUT2D eigenvalue weighted by Gasteiger charge is -2.23. The Hall–Kier alpha value is -1.61. The number of hydrogen-bond donors (Lipinski definition) is 1. The molecule has 2 heterocycles. The summed E-state index contributed by atoms with van der Waals surface area (Å²) in [5.74, 6) is 1.32. The minimum absolute atomic E-state index is 0. The Morgan fingerprint density at radius 1 is 1.31 bits per heavy atom. The average Bonchev–Trinajstić information content (AvgIpc) is 3.23. The Morgan fingerprint density at radius 3 is 2.73 bits per heavy atom. The van der Waals surface area contributed by atoms with Crippen LogP contribution in [0.1, 0.15) is 23.8 Å². The number of aryl methyl sites for hydroxylation is 1. The van der Waals surface area contributed by atoms with E-state index in [1.54, 1.807) is 0 Å². The molecule has 1 aromatic carbocycles. The summed E-state index contributed by atoms with van der Waals surface area (Å²) in [6, 6.07) is 12.3. The Balaban J connectivity index is 0.00000243. The first-order valence-corrected chi connectivity index (χ1v) is 8.74. The van der Waals surface area contributed by atoms with E-state index in [2.05, 4.69) is 22.5 Å². The van der Waals surface area contributed by atoms with Crippen LogP contribution in [0.2, 0.25) is 0 Å². The molecule has 1 aliphatic heterocycles. The highest BCUT2D eigenvalue weighted by molar-refractivity contribution is 14.0. The van der Waals surface area contributed by atoms with Crippen LogP contribution in [0.4, 0.5) is 0 Å². The summed E-state index contributed by atoms with van der Waals surface area (Å²) in [6.07, 6.45) is 2.97. The van der Waals surface area contributed by atoms with Crippen LogP contribution < -0.4 is 5.32 Å². The molecule has 1 aliphatic rings. The fourth-order valence-electron chi connectivity index (χ4n) is 3.16. The number of benzene rings is 1. The van der Waals surface area contributed by atoms with E-state index in [1.807, 2.05) is 61.2 Å². The molecule has 0 amide bonds. The number of rotatable bonds is 5. The van der Waals surface area contributed by atoms with Crippen molar-refractivity contribution in [3.05, 3.63) is 53.9 Å². The third kappa shape index (κ3) is 5.20. The molecule has 0 radical (unpaired) electrons. The van der Waals surface area contributed by atoms with Gasteiger partial charge in [-0.15, -0.1) is 24.0 Å². The Labute approximate surface area is 172 Å². The molecule has 26 heavy (non-hydrogen) atoms. The van der Waals surface area contributed by atoms with Crippen molar-refractivity contribution in [2.45, 2.75) is 19.1 Å². The first kappa shape index (κ1) is 20.7. The molecule has 6 nitrogen and oxygen atoms in total. The molecular formula is C19H28IN5O. The minimum Gasteiger partial charge on any atom is -0.372 e. The third-order valence-electron chi connectivity index (χ3n) is 4.56. The molecule has 1 saturated heterocycles. The molecule has 2 aromatic rings. The zero-order valence-corrected chi connectivity index (χ0v) is 18.0. The summed E-state index contributed by atoms with van der Waals surface area (Å²) in [5, 5.41) is 7.78. The van der Waals surface area contributed by atoms with Gasteiger partial charge in [-0.1, -0.05) is 30.3 Å². The predicted octanol–water partition coefficient (Wildman–Crippen LogP) is 2.82. The van der Waals surface area contributed by atoms with E-state index in [-0.39, 0.29) is 30.1 Å². The first-order valence-electron chi connectivity index (χ1n) is 8.74. The van der Waals surface area contributed by atoms with Gasteiger partial charge in [0, 0.05) is 46.4 Å². The van der Waals surface area contributed by atoms with Crippen LogP contribution in [0, 0.1) is 5.92 Å². The summed E-state index contributed by atoms with van der Waals surface area (Å²) >= 11 is 0. The van der Waals surface area contributed by atoms with Gasteiger partial charge in [-0.05, 0) is 18.1 Å². The van der Waals surface area contributed by atoms with E-state index < -0.39 is 0 Å². The number of halogens is 1. The van der Waals surface area contributed by atoms with Crippen LogP contribution in [-0.2, 0) is 18.3 Å². The number of ether oxygens (including phenoxy) is 1. The summed E-state index contributed by atoms with van der Waals surface area (Å²) in [6.45, 7) is 2.30. The molecule has 142 valence electrons. The van der Waals surface area contributed by atoms with E-state index in [1.165, 1.54) is 5.56 Å². The van der Waals surface area contributed by atoms with Crippen molar-refractivity contribution in [2.24, 2.45) is 18.0 Å². The Kier molecular flexibility index (Phi) is 7.89. The van der Waals surface area contributed by atoms with E-state index in [4.69, 9.17) is 9.73 Å². The second-order valence-corrected chi connectivity index (χ2v) is 6.62. The number of aliphatic imine (C=N–C) groups is 1. The van der Waals surface area contributed by atoms with Crippen molar-refractivity contribution in [1.29, 1.82) is 0 Å². The van der Waals surface area contributed by atoms with Crippen molar-refractivity contribution in [3.63, 3.8) is 0 Å². The third-order valence-corrected chi connectivity index (χ3v) is 4.56. The zero-order valence-electron chi connectivity index (χ0n) is 15.6. The van der Waals surface area contributed by atoms with Crippen molar-refractivity contribution in [2.75, 3.05) is 27.2 Å². The maximum atomic E-state index is 5.96. The number of hydrogen-bond acceptors (Lipinski definition) is 3. The zero-order chi connectivity index (χ0) is 17.6. The molecule has 7 heteroatoms. The molecule has 0 unspecified atom stereocenters. The molecule has 0 bridgehead atoms. The summed E-state index contributed by atoms with van der Waals surface area (Å²) in [7, 11) is 6.00. The fraction of sp³-hybridized carbons (Fsp3) is 0.474. The van der Waals surface area contributed by atoms with Gasteiger partial charge in [0.15, 0.2) is 5.96 Å². The quantitative estimate of drug-likeness (QED) is 0.416. The minimum atomic E-state index is 0. The maximum absolute atomic E-state index is 5.96. The van der Waals surface area contributed by atoms with Crippen molar-refractivity contribution in [1.82, 2.24) is 20.0 Å². The van der Waals surface area contributed by atoms with Crippen LogP contribution in [0.15, 0.2) is 47.6 Å². The fourth-order valence-corrected chi connectivity index (χ4v) is 3.16. The SMILES string of the molecule is CN(C)C(=NCc1ccccc1)NC[C@@H]1CCO[C@H]1c1ccnn1C.I. The molecule has 3 rings (SSSR count). The first-order chi connectivity index (χ1) is 12.1. The van der Waals surface area contributed by atoms with Gasteiger partial charge in [0.25, 0.3) is 0 Å². The van der Waals surface area contributed by atoms with Crippen molar-refractivity contribution >= 4 is 29.9 Å². The van der Waals surface area contributed by atoms with Crippen LogP contribution in [-0.4, -0.2) is 47.9 Å². The summed E-state index contributed by atoms with van der Waals surface area (Å²) in [5.41, 5.74) is 2.34. The van der Waals surface area contributed by atoms with Crippen LogP contribution in [0.5, 0.6) is 0 Å². The van der Waals surface area contributed by atoms with E-state index in [0.29, 0.717) is 12.5 Å². The average molecular weight is 469 g/mol. The number of nitrogens with one attached hydrogen (secondary N) is 1. The summed E-state index contributed by atoms with van der Waals surface area (Å²) < 4.78 is 7.86. The van der Waals surface area contributed by atoms with Crippen molar-refractivity contribution in [3.8, 4) is 0 Å². The highest BCUT2D eigenvalue weighted by atomic mass is 127. The number of nitrogens with zero attached hydrogens (tertiary/aromatic N) is 4. The van der Waals surface area contributed by atoms with Crippen LogP contribution >= 0.6 is 24.0 Å². The van der Waals surface area contributed by atoms with E-state index >= 15 is 0 Å². The monoisotopic (exact) mass is 469 g/mol. The van der Waals surface area contributed by atoms with Gasteiger partial charge in [0.05, 0.1) is 12.2 Å². The van der Waals surface area contributed by atoms with Gasteiger partial charge in [-0.3, -0.25) is 4.68 Å². The lowest BCUT2D eigenvalue weighted by Crippen LogP contribution is -2.39. The molecule has 0 saturated carbocycles. The molecule has 1 fully saturated rings. The molecule has 0 spiro atoms. The maximum Gasteiger partial charge on any atom is 0.193 e. The smallest absolute Gasteiger partial charge is 0.193 e. The van der Waals surface area contributed by atoms with Crippen LogP contribution in [0.25, 0.3) is 0 Å². The van der Waals surface area contributed by atoms with Gasteiger partial charge in [-0.25, -0.2) is 4.99 Å². The Morgan fingerprint density at radius 2 is 2.08 bits per heavy atom. The lowest BCUT2D eigenvalue weighted by molar-refractivity contribution is 0.0847. The highest BCUT2D eigenvalue weighted by Crippen LogP contribution is 2.33. The van der Waals surface area contributed by atoms with Gasteiger partial charge < -0.3 is 15.0 Å².